The van der Waals surface area contributed by atoms with E-state index in [-0.39, 0.29) is 0 Å². The molecule has 0 spiro atoms. The Kier molecular flexibility index (Phi) is 4.62. The molecule has 1 saturated heterocycles. The summed E-state index contributed by atoms with van der Waals surface area (Å²) in [6.45, 7) is 5.91. The topological polar surface area (TPSA) is 55.8 Å². The van der Waals surface area contributed by atoms with Crippen molar-refractivity contribution in [1.29, 1.82) is 0 Å². The van der Waals surface area contributed by atoms with Crippen LogP contribution < -0.4 is 10.2 Å². The molecule has 1 unspecified atom stereocenters. The van der Waals surface area contributed by atoms with E-state index >= 15 is 0 Å². The van der Waals surface area contributed by atoms with E-state index < -0.39 is 11.5 Å². The third kappa shape index (κ3) is 3.29. The molecule has 0 bridgehead atoms. The number of carbonyl (C=O) groups is 1. The number of carboxylic acids is 1. The number of rotatable bonds is 5. The zero-order valence-electron chi connectivity index (χ0n) is 12.2. The molecule has 1 heterocycles. The molecule has 110 valence electrons. The number of carboxylic acid groups (broad SMARTS) is 1. The first-order valence-electron chi connectivity index (χ1n) is 7.00. The van der Waals surface area contributed by atoms with Crippen LogP contribution in [0.1, 0.15) is 6.92 Å². The lowest BCUT2D eigenvalue weighted by atomic mass is 10.0. The summed E-state index contributed by atoms with van der Waals surface area (Å²) in [5.41, 5.74) is 0.358. The van der Waals surface area contributed by atoms with Gasteiger partial charge in [0.25, 0.3) is 0 Å². The predicted molar refractivity (Wildman–Crippen MR) is 80.2 cm³/mol. The second kappa shape index (κ2) is 6.24. The first kappa shape index (κ1) is 14.8. The van der Waals surface area contributed by atoms with Crippen LogP contribution in [0.3, 0.4) is 0 Å². The summed E-state index contributed by atoms with van der Waals surface area (Å²) in [6, 6.07) is 10.3. The van der Waals surface area contributed by atoms with Crippen LogP contribution in [0.5, 0.6) is 0 Å². The summed E-state index contributed by atoms with van der Waals surface area (Å²) in [7, 11) is 1.70. The van der Waals surface area contributed by atoms with E-state index in [1.807, 2.05) is 18.2 Å². The summed E-state index contributed by atoms with van der Waals surface area (Å²) >= 11 is 0. The minimum absolute atomic E-state index is 0.529. The van der Waals surface area contributed by atoms with Gasteiger partial charge in [-0.2, -0.15) is 0 Å². The van der Waals surface area contributed by atoms with Crippen molar-refractivity contribution >= 4 is 11.7 Å². The molecule has 0 amide bonds. The number of hydrogen-bond donors (Lipinski definition) is 2. The standard InChI is InChI=1S/C15H23N3O2/c1-15(16-2,14(19)20)12-17-8-10-18(11-9-17)13-6-4-3-5-7-13/h3-7,16H,8-12H2,1-2H3,(H,19,20). The fraction of sp³-hybridized carbons (Fsp3) is 0.533. The molecule has 1 aliphatic rings. The van der Waals surface area contributed by atoms with Gasteiger partial charge in [0, 0.05) is 38.4 Å². The van der Waals surface area contributed by atoms with Crippen LogP contribution >= 0.6 is 0 Å². The Labute approximate surface area is 120 Å². The van der Waals surface area contributed by atoms with Gasteiger partial charge in [-0.25, -0.2) is 0 Å². The molecule has 2 N–H and O–H groups in total. The van der Waals surface area contributed by atoms with Gasteiger partial charge in [-0.05, 0) is 26.1 Å². The quantitative estimate of drug-likeness (QED) is 0.836. The fourth-order valence-electron chi connectivity index (χ4n) is 2.50. The first-order chi connectivity index (χ1) is 9.55. The van der Waals surface area contributed by atoms with Crippen LogP contribution in [0.15, 0.2) is 30.3 Å². The van der Waals surface area contributed by atoms with Gasteiger partial charge in [-0.1, -0.05) is 18.2 Å². The minimum Gasteiger partial charge on any atom is -0.480 e. The molecule has 0 saturated carbocycles. The van der Waals surface area contributed by atoms with Gasteiger partial charge in [0.15, 0.2) is 0 Å². The molecular weight excluding hydrogens is 254 g/mol. The van der Waals surface area contributed by atoms with Crippen molar-refractivity contribution in [3.63, 3.8) is 0 Å². The van der Waals surface area contributed by atoms with E-state index in [0.29, 0.717) is 6.54 Å². The molecule has 1 aliphatic heterocycles. The summed E-state index contributed by atoms with van der Waals surface area (Å²) in [5.74, 6) is -0.800. The van der Waals surface area contributed by atoms with E-state index in [1.165, 1.54) is 5.69 Å². The highest BCUT2D eigenvalue weighted by molar-refractivity contribution is 5.78. The van der Waals surface area contributed by atoms with E-state index in [4.69, 9.17) is 0 Å². The van der Waals surface area contributed by atoms with Crippen LogP contribution in [-0.2, 0) is 4.79 Å². The number of anilines is 1. The molecule has 1 atom stereocenters. The number of aliphatic carboxylic acids is 1. The summed E-state index contributed by atoms with van der Waals surface area (Å²) in [5, 5.41) is 12.2. The van der Waals surface area contributed by atoms with Crippen LogP contribution in [0.2, 0.25) is 0 Å². The Morgan fingerprint density at radius 1 is 1.25 bits per heavy atom. The number of nitrogens with one attached hydrogen (secondary N) is 1. The Bertz CT molecular complexity index is 444. The fourth-order valence-corrected chi connectivity index (χ4v) is 2.50. The maximum Gasteiger partial charge on any atom is 0.324 e. The van der Waals surface area contributed by atoms with Crippen molar-refractivity contribution in [1.82, 2.24) is 10.2 Å². The number of nitrogens with zero attached hydrogens (tertiary/aromatic N) is 2. The largest absolute Gasteiger partial charge is 0.480 e. The lowest BCUT2D eigenvalue weighted by Crippen LogP contribution is -2.58. The van der Waals surface area contributed by atoms with Crippen molar-refractivity contribution in [2.45, 2.75) is 12.5 Å². The molecular formula is C15H23N3O2. The number of piperazine rings is 1. The number of likely N-dealkylation sites (N-methyl/N-ethyl adjacent to an activating group) is 1. The van der Waals surface area contributed by atoms with Gasteiger partial charge in [0.05, 0.1) is 0 Å². The van der Waals surface area contributed by atoms with Crippen molar-refractivity contribution in [2.24, 2.45) is 0 Å². The van der Waals surface area contributed by atoms with Gasteiger partial charge in [0.2, 0.25) is 0 Å². The smallest absolute Gasteiger partial charge is 0.324 e. The average Bonchev–Trinajstić information content (AvgIpc) is 2.48. The van der Waals surface area contributed by atoms with E-state index in [0.717, 1.165) is 26.2 Å². The lowest BCUT2D eigenvalue weighted by Gasteiger charge is -2.39. The summed E-state index contributed by atoms with van der Waals surface area (Å²) in [6.07, 6.45) is 0. The monoisotopic (exact) mass is 277 g/mol. The molecule has 0 aliphatic carbocycles. The van der Waals surface area contributed by atoms with Crippen LogP contribution in [0, 0.1) is 0 Å². The minimum atomic E-state index is -0.880. The molecule has 0 aromatic heterocycles. The maximum absolute atomic E-state index is 11.3. The molecule has 5 heteroatoms. The van der Waals surface area contributed by atoms with Crippen molar-refractivity contribution in [3.05, 3.63) is 30.3 Å². The predicted octanol–water partition coefficient (Wildman–Crippen LogP) is 0.871. The van der Waals surface area contributed by atoms with E-state index in [1.54, 1.807) is 14.0 Å². The molecule has 5 nitrogen and oxygen atoms in total. The van der Waals surface area contributed by atoms with Crippen LogP contribution in [-0.4, -0.2) is 61.3 Å². The molecule has 2 rings (SSSR count). The Morgan fingerprint density at radius 3 is 2.35 bits per heavy atom. The highest BCUT2D eigenvalue weighted by Gasteiger charge is 2.34. The molecule has 20 heavy (non-hydrogen) atoms. The first-order valence-corrected chi connectivity index (χ1v) is 7.00. The number of para-hydroxylation sites is 1. The zero-order valence-corrected chi connectivity index (χ0v) is 12.2. The highest BCUT2D eigenvalue weighted by Crippen LogP contribution is 2.16. The van der Waals surface area contributed by atoms with Gasteiger partial charge >= 0.3 is 5.97 Å². The SMILES string of the molecule is CNC(C)(CN1CCN(c2ccccc2)CC1)C(=O)O. The highest BCUT2D eigenvalue weighted by atomic mass is 16.4. The molecule has 1 aromatic rings. The third-order valence-electron chi connectivity index (χ3n) is 4.06. The second-order valence-corrected chi connectivity index (χ2v) is 5.49. The number of benzene rings is 1. The second-order valence-electron chi connectivity index (χ2n) is 5.49. The average molecular weight is 277 g/mol. The van der Waals surface area contributed by atoms with E-state index in [2.05, 4.69) is 27.2 Å². The van der Waals surface area contributed by atoms with Gasteiger partial charge in [0.1, 0.15) is 5.54 Å². The number of hydrogen-bond acceptors (Lipinski definition) is 4. The lowest BCUT2D eigenvalue weighted by molar-refractivity contribution is -0.144. The maximum atomic E-state index is 11.3. The molecule has 1 aromatic carbocycles. The van der Waals surface area contributed by atoms with Gasteiger partial charge in [-0.3, -0.25) is 9.69 Å². The zero-order chi connectivity index (χ0) is 14.6. The van der Waals surface area contributed by atoms with Crippen LogP contribution in [0.4, 0.5) is 5.69 Å². The third-order valence-corrected chi connectivity index (χ3v) is 4.06. The summed E-state index contributed by atoms with van der Waals surface area (Å²) < 4.78 is 0. The normalized spacial score (nSPS) is 19.6. The van der Waals surface area contributed by atoms with Gasteiger partial charge in [-0.15, -0.1) is 0 Å². The van der Waals surface area contributed by atoms with Gasteiger partial charge < -0.3 is 15.3 Å². The van der Waals surface area contributed by atoms with Crippen molar-refractivity contribution in [2.75, 3.05) is 44.7 Å². The Morgan fingerprint density at radius 2 is 1.85 bits per heavy atom. The van der Waals surface area contributed by atoms with Crippen molar-refractivity contribution < 1.29 is 9.90 Å². The van der Waals surface area contributed by atoms with Crippen LogP contribution in [0.25, 0.3) is 0 Å². The summed E-state index contributed by atoms with van der Waals surface area (Å²) in [4.78, 5) is 15.9. The van der Waals surface area contributed by atoms with Crippen molar-refractivity contribution in [3.8, 4) is 0 Å². The Balaban J connectivity index is 1.90. The Hall–Kier alpha value is -1.59. The molecule has 0 radical (unpaired) electrons. The molecule has 1 fully saturated rings. The van der Waals surface area contributed by atoms with E-state index in [9.17, 15) is 9.90 Å².